The van der Waals surface area contributed by atoms with Crippen LogP contribution in [0.2, 0.25) is 0 Å². The minimum absolute atomic E-state index is 0.277. The van der Waals surface area contributed by atoms with Crippen LogP contribution < -0.4 is 0 Å². The lowest BCUT2D eigenvalue weighted by atomic mass is 10.0. The summed E-state index contributed by atoms with van der Waals surface area (Å²) < 4.78 is 7.26. The van der Waals surface area contributed by atoms with E-state index in [1.807, 2.05) is 31.2 Å². The molecule has 0 aliphatic heterocycles. The predicted molar refractivity (Wildman–Crippen MR) is 107 cm³/mol. The first kappa shape index (κ1) is 18.5. The van der Waals surface area contributed by atoms with E-state index in [9.17, 15) is 4.79 Å². The molecule has 2 nitrogen and oxygen atoms in total. The maximum absolute atomic E-state index is 12.3. The number of hydrogen-bond acceptors (Lipinski definition) is 3. The van der Waals surface area contributed by atoms with Crippen LogP contribution >= 0.6 is 50.3 Å². The Morgan fingerprint density at radius 3 is 2.65 bits per heavy atom. The molecule has 0 unspecified atom stereocenters. The molecule has 0 N–H and O–H groups in total. The molecule has 5 heteroatoms. The van der Waals surface area contributed by atoms with E-state index in [0.717, 1.165) is 23.4 Å². The van der Waals surface area contributed by atoms with Gasteiger partial charge in [0.05, 0.1) is 12.2 Å². The Kier molecular flexibility index (Phi) is 7.17. The first-order valence-electron chi connectivity index (χ1n) is 7.09. The molecule has 2 rings (SSSR count). The van der Waals surface area contributed by atoms with E-state index in [2.05, 4.69) is 63.3 Å². The summed E-state index contributed by atoms with van der Waals surface area (Å²) in [5, 5.41) is 0. The van der Waals surface area contributed by atoms with Crippen LogP contribution in [0.15, 0.2) is 63.3 Å². The Morgan fingerprint density at radius 1 is 1.35 bits per heavy atom. The van der Waals surface area contributed by atoms with E-state index >= 15 is 0 Å². The van der Waals surface area contributed by atoms with Gasteiger partial charge in [0.1, 0.15) is 0 Å². The summed E-state index contributed by atoms with van der Waals surface area (Å²) in [6, 6.07) is 12.1. The van der Waals surface area contributed by atoms with Crippen LogP contribution in [0, 0.1) is 3.57 Å². The van der Waals surface area contributed by atoms with E-state index in [-0.39, 0.29) is 5.97 Å². The van der Waals surface area contributed by atoms with Crippen LogP contribution in [0.3, 0.4) is 0 Å². The maximum atomic E-state index is 12.3. The molecule has 0 saturated heterocycles. The van der Waals surface area contributed by atoms with Gasteiger partial charge in [0.2, 0.25) is 0 Å². The van der Waals surface area contributed by atoms with Gasteiger partial charge in [-0.25, -0.2) is 4.79 Å². The molecule has 23 heavy (non-hydrogen) atoms. The van der Waals surface area contributed by atoms with Gasteiger partial charge >= 0.3 is 5.97 Å². The first-order valence-corrected chi connectivity index (χ1v) is 9.77. The van der Waals surface area contributed by atoms with Crippen LogP contribution in [0.25, 0.3) is 0 Å². The van der Waals surface area contributed by atoms with Crippen molar-refractivity contribution >= 4 is 56.3 Å². The lowest BCUT2D eigenvalue weighted by Crippen LogP contribution is -2.09. The monoisotopic (exact) mass is 502 g/mol. The molecule has 0 aromatic heterocycles. The van der Waals surface area contributed by atoms with Crippen molar-refractivity contribution in [3.8, 4) is 0 Å². The normalized spacial score (nSPS) is 10.4. The average Bonchev–Trinajstić information content (AvgIpc) is 2.52. The van der Waals surface area contributed by atoms with Gasteiger partial charge in [-0.15, -0.1) is 6.58 Å². The highest BCUT2D eigenvalue weighted by Gasteiger charge is 2.17. The molecular weight excluding hydrogens is 487 g/mol. The number of hydrogen-bond donors (Lipinski definition) is 0. The lowest BCUT2D eigenvalue weighted by Gasteiger charge is -2.14. The second-order valence-corrected chi connectivity index (χ2v) is 7.98. The smallest absolute Gasteiger partial charge is 0.338 e. The first-order chi connectivity index (χ1) is 11.0. The van der Waals surface area contributed by atoms with Crippen molar-refractivity contribution in [3.05, 3.63) is 68.2 Å². The molecule has 0 atom stereocenters. The SMILES string of the molecule is C=CCc1c(Sc2ccc(Br)cc2)cc(I)cc1C(=O)OCC. The second kappa shape index (κ2) is 8.89. The van der Waals surface area contributed by atoms with E-state index in [0.29, 0.717) is 18.6 Å². The molecule has 0 spiro atoms. The van der Waals surface area contributed by atoms with Crippen molar-refractivity contribution in [2.75, 3.05) is 6.61 Å². The van der Waals surface area contributed by atoms with Gasteiger partial charge in [-0.3, -0.25) is 0 Å². The Labute approximate surface area is 163 Å². The summed E-state index contributed by atoms with van der Waals surface area (Å²) in [6.45, 7) is 6.00. The maximum Gasteiger partial charge on any atom is 0.338 e. The van der Waals surface area contributed by atoms with Crippen molar-refractivity contribution in [2.24, 2.45) is 0 Å². The number of ether oxygens (including phenoxy) is 1. The molecule has 0 radical (unpaired) electrons. The third-order valence-corrected chi connectivity index (χ3v) is 5.30. The zero-order valence-electron chi connectivity index (χ0n) is 12.6. The molecular formula is C18H16BrIO2S. The number of carbonyl (C=O) groups is 1. The Bertz CT molecular complexity index is 714. The van der Waals surface area contributed by atoms with Gasteiger partial charge in [-0.1, -0.05) is 33.8 Å². The summed E-state index contributed by atoms with van der Waals surface area (Å²) in [4.78, 5) is 14.4. The zero-order valence-corrected chi connectivity index (χ0v) is 17.2. The Balaban J connectivity index is 2.46. The third-order valence-electron chi connectivity index (χ3n) is 3.06. The average molecular weight is 503 g/mol. The van der Waals surface area contributed by atoms with E-state index in [1.165, 1.54) is 0 Å². The number of allylic oxidation sites excluding steroid dienone is 1. The highest BCUT2D eigenvalue weighted by Crippen LogP contribution is 2.35. The molecule has 0 heterocycles. The fraction of sp³-hybridized carbons (Fsp3) is 0.167. The molecule has 0 aliphatic rings. The summed E-state index contributed by atoms with van der Waals surface area (Å²) >= 11 is 7.32. The largest absolute Gasteiger partial charge is 0.462 e. The summed E-state index contributed by atoms with van der Waals surface area (Å²) in [6.07, 6.45) is 2.44. The number of esters is 1. The predicted octanol–water partition coefficient (Wildman–Crippen LogP) is 6.11. The van der Waals surface area contributed by atoms with Gasteiger partial charge in [0, 0.05) is 17.8 Å². The molecule has 0 saturated carbocycles. The van der Waals surface area contributed by atoms with Gasteiger partial charge < -0.3 is 4.74 Å². The lowest BCUT2D eigenvalue weighted by molar-refractivity contribution is 0.0525. The molecule has 120 valence electrons. The number of benzene rings is 2. The van der Waals surface area contributed by atoms with Gasteiger partial charge in [0.25, 0.3) is 0 Å². The Hall–Kier alpha value is -0.790. The fourth-order valence-corrected chi connectivity index (χ4v) is 4.21. The molecule has 0 bridgehead atoms. The van der Waals surface area contributed by atoms with Crippen molar-refractivity contribution in [2.45, 2.75) is 23.1 Å². The molecule has 2 aromatic carbocycles. The van der Waals surface area contributed by atoms with Crippen molar-refractivity contribution in [1.82, 2.24) is 0 Å². The number of rotatable bonds is 6. The number of carbonyl (C=O) groups excluding carboxylic acids is 1. The fourth-order valence-electron chi connectivity index (χ4n) is 2.08. The van der Waals surface area contributed by atoms with Crippen LogP contribution in [0.1, 0.15) is 22.8 Å². The van der Waals surface area contributed by atoms with Crippen molar-refractivity contribution < 1.29 is 9.53 Å². The third kappa shape index (κ3) is 5.09. The zero-order chi connectivity index (χ0) is 16.8. The summed E-state index contributed by atoms with van der Waals surface area (Å²) in [5.74, 6) is -0.277. The second-order valence-electron chi connectivity index (χ2n) is 4.70. The van der Waals surface area contributed by atoms with E-state index in [4.69, 9.17) is 4.74 Å². The quantitative estimate of drug-likeness (QED) is 0.271. The summed E-state index contributed by atoms with van der Waals surface area (Å²) in [5.41, 5.74) is 1.59. The van der Waals surface area contributed by atoms with E-state index in [1.54, 1.807) is 11.8 Å². The van der Waals surface area contributed by atoms with Crippen molar-refractivity contribution in [1.29, 1.82) is 0 Å². The van der Waals surface area contributed by atoms with Gasteiger partial charge in [-0.05, 0) is 77.9 Å². The standard InChI is InChI=1S/C18H16BrIO2S/c1-3-5-15-16(18(21)22-4-2)10-13(20)11-17(15)23-14-8-6-12(19)7-9-14/h3,6-11H,1,4-5H2,2H3. The van der Waals surface area contributed by atoms with Crippen LogP contribution in [0.5, 0.6) is 0 Å². The highest BCUT2D eigenvalue weighted by molar-refractivity contribution is 14.1. The molecule has 0 amide bonds. The van der Waals surface area contributed by atoms with Crippen LogP contribution in [0.4, 0.5) is 0 Å². The minimum atomic E-state index is -0.277. The minimum Gasteiger partial charge on any atom is -0.462 e. The Morgan fingerprint density at radius 2 is 2.04 bits per heavy atom. The van der Waals surface area contributed by atoms with Gasteiger partial charge in [0.15, 0.2) is 0 Å². The molecule has 0 aliphatic carbocycles. The highest BCUT2D eigenvalue weighted by atomic mass is 127. The van der Waals surface area contributed by atoms with Gasteiger partial charge in [-0.2, -0.15) is 0 Å². The van der Waals surface area contributed by atoms with Crippen molar-refractivity contribution in [3.63, 3.8) is 0 Å². The molecule has 2 aromatic rings. The molecule has 0 fully saturated rings. The number of halogens is 2. The topological polar surface area (TPSA) is 26.3 Å². The summed E-state index contributed by atoms with van der Waals surface area (Å²) in [7, 11) is 0. The van der Waals surface area contributed by atoms with Crippen LogP contribution in [-0.4, -0.2) is 12.6 Å². The van der Waals surface area contributed by atoms with E-state index < -0.39 is 0 Å². The van der Waals surface area contributed by atoms with Crippen LogP contribution in [-0.2, 0) is 11.2 Å².